The van der Waals surface area contributed by atoms with Crippen LogP contribution >= 0.6 is 0 Å². The number of aromatic amines is 1. The molecule has 0 saturated heterocycles. The summed E-state index contributed by atoms with van der Waals surface area (Å²) in [5.41, 5.74) is 10.6. The molecular formula is C8H9N5O2. The Morgan fingerprint density at radius 3 is 2.87 bits per heavy atom. The highest BCUT2D eigenvalue weighted by Gasteiger charge is 2.15. The zero-order chi connectivity index (χ0) is 11.2. The highest BCUT2D eigenvalue weighted by Crippen LogP contribution is 2.12. The van der Waals surface area contributed by atoms with Gasteiger partial charge in [-0.3, -0.25) is 14.2 Å². The number of carbonyl (C=O) groups is 1. The van der Waals surface area contributed by atoms with Crippen LogP contribution in [0.1, 0.15) is 10.4 Å². The second-order valence-corrected chi connectivity index (χ2v) is 3.12. The highest BCUT2D eigenvalue weighted by atomic mass is 16.1. The summed E-state index contributed by atoms with van der Waals surface area (Å²) in [7, 11) is 1.47. The summed E-state index contributed by atoms with van der Waals surface area (Å²) in [5, 5.41) is 0.166. The van der Waals surface area contributed by atoms with E-state index in [0.717, 1.165) is 4.57 Å². The largest absolute Gasteiger partial charge is 0.369 e. The lowest BCUT2D eigenvalue weighted by Crippen LogP contribution is -2.23. The van der Waals surface area contributed by atoms with Crippen molar-refractivity contribution in [3.05, 3.63) is 22.1 Å². The zero-order valence-electron chi connectivity index (χ0n) is 7.94. The molecule has 78 valence electrons. The number of anilines is 1. The van der Waals surface area contributed by atoms with Crippen LogP contribution in [0.3, 0.4) is 0 Å². The maximum atomic E-state index is 11.8. The van der Waals surface area contributed by atoms with Gasteiger partial charge in [-0.2, -0.15) is 4.98 Å². The average Bonchev–Trinajstić information content (AvgIpc) is 2.58. The highest BCUT2D eigenvalue weighted by molar-refractivity contribution is 6.04. The Morgan fingerprint density at radius 2 is 2.27 bits per heavy atom. The Hall–Kier alpha value is -2.31. The molecule has 2 aromatic heterocycles. The van der Waals surface area contributed by atoms with Gasteiger partial charge in [-0.1, -0.05) is 0 Å². The third-order valence-corrected chi connectivity index (χ3v) is 2.21. The number of fused-ring (bicyclic) bond motifs is 1. The van der Waals surface area contributed by atoms with E-state index < -0.39 is 11.5 Å². The normalized spacial score (nSPS) is 10.7. The van der Waals surface area contributed by atoms with Gasteiger partial charge in [-0.05, 0) is 0 Å². The van der Waals surface area contributed by atoms with E-state index in [1.165, 1.54) is 13.2 Å². The molecule has 0 aliphatic heterocycles. The van der Waals surface area contributed by atoms with E-state index in [0.29, 0.717) is 0 Å². The summed E-state index contributed by atoms with van der Waals surface area (Å²) in [6, 6.07) is 0. The monoisotopic (exact) mass is 207 g/mol. The topological polar surface area (TPSA) is 120 Å². The third-order valence-electron chi connectivity index (χ3n) is 2.21. The predicted octanol–water partition coefficient (Wildman–Crippen LogP) is -1.06. The predicted molar refractivity (Wildman–Crippen MR) is 54.3 cm³/mol. The van der Waals surface area contributed by atoms with Gasteiger partial charge < -0.3 is 16.5 Å². The van der Waals surface area contributed by atoms with E-state index in [1.54, 1.807) is 0 Å². The molecule has 0 aliphatic carbocycles. The minimum Gasteiger partial charge on any atom is -0.369 e. The maximum Gasteiger partial charge on any atom is 0.264 e. The smallest absolute Gasteiger partial charge is 0.264 e. The van der Waals surface area contributed by atoms with Crippen molar-refractivity contribution < 1.29 is 4.79 Å². The zero-order valence-corrected chi connectivity index (χ0v) is 7.94. The number of primary amides is 1. The molecule has 0 atom stereocenters. The number of H-pyrrole nitrogens is 1. The van der Waals surface area contributed by atoms with Crippen LogP contribution in [-0.4, -0.2) is 20.4 Å². The van der Waals surface area contributed by atoms with E-state index in [-0.39, 0.29) is 22.5 Å². The maximum absolute atomic E-state index is 11.8. The Kier molecular flexibility index (Phi) is 1.75. The number of nitrogens with one attached hydrogen (secondary N) is 1. The molecule has 0 aromatic carbocycles. The number of hydrogen-bond donors (Lipinski definition) is 3. The van der Waals surface area contributed by atoms with Crippen molar-refractivity contribution in [3.8, 4) is 0 Å². The van der Waals surface area contributed by atoms with Crippen LogP contribution in [0.15, 0.2) is 11.0 Å². The minimum absolute atomic E-state index is 0.0744. The fraction of sp³-hybridized carbons (Fsp3) is 0.125. The Balaban J connectivity index is 2.98. The van der Waals surface area contributed by atoms with Crippen LogP contribution in [0, 0.1) is 0 Å². The van der Waals surface area contributed by atoms with E-state index in [9.17, 15) is 9.59 Å². The quantitative estimate of drug-likeness (QED) is 0.552. The van der Waals surface area contributed by atoms with Gasteiger partial charge in [0.05, 0.1) is 10.9 Å². The summed E-state index contributed by atoms with van der Waals surface area (Å²) in [4.78, 5) is 29.4. The van der Waals surface area contributed by atoms with E-state index in [2.05, 4.69) is 9.97 Å². The van der Waals surface area contributed by atoms with Crippen LogP contribution in [0.4, 0.5) is 5.95 Å². The van der Waals surface area contributed by atoms with Crippen LogP contribution in [-0.2, 0) is 7.05 Å². The average molecular weight is 207 g/mol. The summed E-state index contributed by atoms with van der Waals surface area (Å²) >= 11 is 0. The summed E-state index contributed by atoms with van der Waals surface area (Å²) in [6.07, 6.45) is 1.35. The number of amides is 1. The van der Waals surface area contributed by atoms with Crippen molar-refractivity contribution in [2.24, 2.45) is 12.8 Å². The SMILES string of the molecule is Cn1c(N)nc2[nH]cc(C(N)=O)c2c1=O. The molecule has 0 saturated carbocycles. The molecule has 7 nitrogen and oxygen atoms in total. The lowest BCUT2D eigenvalue weighted by molar-refractivity contribution is 0.100. The number of nitrogens with two attached hydrogens (primary N) is 2. The second-order valence-electron chi connectivity index (χ2n) is 3.12. The van der Waals surface area contributed by atoms with Crippen molar-refractivity contribution in [2.45, 2.75) is 0 Å². The molecule has 0 aliphatic rings. The van der Waals surface area contributed by atoms with Gasteiger partial charge >= 0.3 is 0 Å². The molecule has 0 unspecified atom stereocenters. The number of aromatic nitrogens is 3. The Labute approximate surface area is 83.7 Å². The summed E-state index contributed by atoms with van der Waals surface area (Å²) in [5.74, 6) is -0.602. The Bertz CT molecular complexity index is 609. The number of nitrogens with zero attached hydrogens (tertiary/aromatic N) is 2. The number of hydrogen-bond acceptors (Lipinski definition) is 4. The number of nitrogen functional groups attached to an aromatic ring is 1. The molecule has 2 heterocycles. The third kappa shape index (κ3) is 1.17. The lowest BCUT2D eigenvalue weighted by atomic mass is 10.2. The van der Waals surface area contributed by atoms with E-state index >= 15 is 0 Å². The van der Waals surface area contributed by atoms with Crippen LogP contribution in [0.25, 0.3) is 11.0 Å². The molecule has 0 radical (unpaired) electrons. The summed E-state index contributed by atoms with van der Waals surface area (Å²) < 4.78 is 1.16. The second kappa shape index (κ2) is 2.84. The van der Waals surface area contributed by atoms with Gasteiger partial charge in [0.1, 0.15) is 5.65 Å². The molecule has 15 heavy (non-hydrogen) atoms. The number of rotatable bonds is 1. The molecule has 0 spiro atoms. The molecular weight excluding hydrogens is 198 g/mol. The van der Waals surface area contributed by atoms with E-state index in [1.807, 2.05) is 0 Å². The first-order chi connectivity index (χ1) is 7.02. The van der Waals surface area contributed by atoms with Gasteiger partial charge in [0, 0.05) is 13.2 Å². The Morgan fingerprint density at radius 1 is 1.60 bits per heavy atom. The first kappa shape index (κ1) is 9.25. The van der Waals surface area contributed by atoms with Gasteiger partial charge in [0.2, 0.25) is 5.95 Å². The standard InChI is InChI=1S/C8H9N5O2/c1-13-7(15)4-3(5(9)14)2-11-6(4)12-8(13)10/h2,11H,1H3,(H2,9,14)(H2,10,12). The first-order valence-electron chi connectivity index (χ1n) is 4.15. The molecule has 5 N–H and O–H groups in total. The van der Waals surface area contributed by atoms with Gasteiger partial charge in [-0.15, -0.1) is 0 Å². The molecule has 0 fully saturated rings. The number of carbonyl (C=O) groups excluding carboxylic acids is 1. The minimum atomic E-state index is -0.676. The van der Waals surface area contributed by atoms with E-state index in [4.69, 9.17) is 11.5 Å². The lowest BCUT2D eigenvalue weighted by Gasteiger charge is -2.01. The molecule has 7 heteroatoms. The first-order valence-corrected chi connectivity index (χ1v) is 4.15. The van der Waals surface area contributed by atoms with Gasteiger partial charge in [0.25, 0.3) is 11.5 Å². The molecule has 2 aromatic rings. The van der Waals surface area contributed by atoms with Crippen molar-refractivity contribution in [3.63, 3.8) is 0 Å². The van der Waals surface area contributed by atoms with Crippen molar-refractivity contribution in [1.29, 1.82) is 0 Å². The van der Waals surface area contributed by atoms with Crippen molar-refractivity contribution >= 4 is 22.9 Å². The molecule has 0 bridgehead atoms. The van der Waals surface area contributed by atoms with Gasteiger partial charge in [-0.25, -0.2) is 0 Å². The van der Waals surface area contributed by atoms with Crippen LogP contribution < -0.4 is 17.0 Å². The van der Waals surface area contributed by atoms with Gasteiger partial charge in [0.15, 0.2) is 0 Å². The molecule has 1 amide bonds. The van der Waals surface area contributed by atoms with Crippen LogP contribution in [0.5, 0.6) is 0 Å². The fourth-order valence-corrected chi connectivity index (χ4v) is 1.37. The fourth-order valence-electron chi connectivity index (χ4n) is 1.37. The van der Waals surface area contributed by atoms with Crippen molar-refractivity contribution in [2.75, 3.05) is 5.73 Å². The van der Waals surface area contributed by atoms with Crippen LogP contribution in [0.2, 0.25) is 0 Å². The summed E-state index contributed by atoms with van der Waals surface area (Å²) in [6.45, 7) is 0. The molecule has 2 rings (SSSR count). The van der Waals surface area contributed by atoms with Crippen molar-refractivity contribution in [1.82, 2.24) is 14.5 Å².